The van der Waals surface area contributed by atoms with E-state index in [0.29, 0.717) is 10.8 Å². The van der Waals surface area contributed by atoms with Crippen molar-refractivity contribution in [2.45, 2.75) is 56.8 Å². The van der Waals surface area contributed by atoms with Crippen molar-refractivity contribution in [3.63, 3.8) is 0 Å². The van der Waals surface area contributed by atoms with E-state index in [2.05, 4.69) is 97.8 Å². The van der Waals surface area contributed by atoms with Crippen molar-refractivity contribution < 1.29 is 14.0 Å². The lowest BCUT2D eigenvalue weighted by molar-refractivity contribution is 0.0519. The van der Waals surface area contributed by atoms with Gasteiger partial charge in [-0.15, -0.1) is 11.8 Å². The molecule has 7 heteroatoms. The molecule has 0 spiro atoms. The highest BCUT2D eigenvalue weighted by Crippen LogP contribution is 2.48. The Labute approximate surface area is 232 Å². The second kappa shape index (κ2) is 12.3. The fourth-order valence-electron chi connectivity index (χ4n) is 3.97. The van der Waals surface area contributed by atoms with E-state index in [-0.39, 0.29) is 0 Å². The predicted octanol–water partition coefficient (Wildman–Crippen LogP) is 7.78. The second-order valence-electron chi connectivity index (χ2n) is 10.8. The van der Waals surface area contributed by atoms with Crippen LogP contribution >= 0.6 is 24.0 Å². The van der Waals surface area contributed by atoms with E-state index in [9.17, 15) is 4.79 Å². The Morgan fingerprint density at radius 1 is 0.838 bits per heavy atom. The molecule has 4 nitrogen and oxygen atoms in total. The van der Waals surface area contributed by atoms with E-state index in [1.54, 1.807) is 11.8 Å². The van der Waals surface area contributed by atoms with Gasteiger partial charge in [0.25, 0.3) is 0 Å². The fourth-order valence-corrected chi connectivity index (χ4v) is 7.27. The van der Waals surface area contributed by atoms with Crippen LogP contribution < -0.4 is 5.32 Å². The van der Waals surface area contributed by atoms with Gasteiger partial charge in [0.15, 0.2) is 5.05 Å². The van der Waals surface area contributed by atoms with Crippen molar-refractivity contribution in [2.75, 3.05) is 5.75 Å². The van der Waals surface area contributed by atoms with Gasteiger partial charge in [-0.25, -0.2) is 4.79 Å². The van der Waals surface area contributed by atoms with Gasteiger partial charge in [0.05, 0.1) is 4.75 Å². The molecule has 0 bridgehead atoms. The number of thioether (sulfide) groups is 1. The van der Waals surface area contributed by atoms with Gasteiger partial charge in [0, 0.05) is 5.75 Å². The van der Waals surface area contributed by atoms with Crippen LogP contribution in [0.15, 0.2) is 91.0 Å². The van der Waals surface area contributed by atoms with Gasteiger partial charge in [-0.3, -0.25) is 0 Å². The first kappa shape index (κ1) is 29.0. The minimum atomic E-state index is -1.99. The number of carbonyl (C=O) groups is 1. The quantitative estimate of drug-likeness (QED) is 0.167. The molecule has 196 valence electrons. The van der Waals surface area contributed by atoms with Crippen molar-refractivity contribution in [2.24, 2.45) is 0 Å². The molecule has 0 aliphatic rings. The SMILES string of the molecule is CC(C)(C)OC(=O)NC(CSC(c1ccccc1)(c1ccccc1)c1ccccc1)C(=S)O[Si](C)(C)C. The van der Waals surface area contributed by atoms with Gasteiger partial charge in [-0.2, -0.15) is 0 Å². The number of thiocarbonyl (C=S) groups is 1. The summed E-state index contributed by atoms with van der Waals surface area (Å²) in [7, 11) is -1.99. The Morgan fingerprint density at radius 2 is 1.24 bits per heavy atom. The molecule has 3 aromatic rings. The Morgan fingerprint density at radius 3 is 1.59 bits per heavy atom. The molecule has 0 heterocycles. The number of ether oxygens (including phenoxy) is 1. The fraction of sp³-hybridized carbons (Fsp3) is 0.333. The molecule has 0 radical (unpaired) electrons. The maximum atomic E-state index is 12.8. The van der Waals surface area contributed by atoms with Crippen LogP contribution in [0.4, 0.5) is 4.79 Å². The first-order chi connectivity index (χ1) is 17.4. The summed E-state index contributed by atoms with van der Waals surface area (Å²) in [5, 5.41) is 3.39. The Kier molecular flexibility index (Phi) is 9.61. The smallest absolute Gasteiger partial charge is 0.408 e. The van der Waals surface area contributed by atoms with Crippen LogP contribution in [0, 0.1) is 0 Å². The maximum Gasteiger partial charge on any atom is 0.408 e. The average molecular weight is 552 g/mol. The summed E-state index contributed by atoms with van der Waals surface area (Å²) in [5.74, 6) is 0.487. The molecule has 1 N–H and O–H groups in total. The number of alkyl carbamates (subject to hydrolysis) is 1. The molecule has 1 amide bonds. The molecule has 3 rings (SSSR count). The highest BCUT2D eigenvalue weighted by Gasteiger charge is 2.39. The number of nitrogens with one attached hydrogen (secondary N) is 1. The van der Waals surface area contributed by atoms with Crippen LogP contribution in [0.2, 0.25) is 19.6 Å². The molecule has 0 aliphatic carbocycles. The first-order valence-corrected chi connectivity index (χ1v) is 17.2. The molecule has 1 unspecified atom stereocenters. The standard InChI is InChI=1S/C30H37NO3S2Si/c1-29(2,3)33-28(32)31-26(27(35)34-37(4,5)6)22-36-30(23-16-10-7-11-17-23,24-18-12-8-13-19-24)25-20-14-9-15-21-25/h7-21,26H,22H2,1-6H3,(H,31,32). The van der Waals surface area contributed by atoms with Crippen LogP contribution in [0.3, 0.4) is 0 Å². The number of carbonyl (C=O) groups excluding carboxylic acids is 1. The van der Waals surface area contributed by atoms with Gasteiger partial charge in [0.2, 0.25) is 8.32 Å². The molecule has 3 aromatic carbocycles. The second-order valence-corrected chi connectivity index (χ2v) is 16.9. The summed E-state index contributed by atoms with van der Waals surface area (Å²) in [6.07, 6.45) is -0.510. The van der Waals surface area contributed by atoms with Crippen molar-refractivity contribution in [1.29, 1.82) is 0 Å². The lowest BCUT2D eigenvalue weighted by atomic mass is 9.84. The van der Waals surface area contributed by atoms with Crippen molar-refractivity contribution in [3.8, 4) is 0 Å². The summed E-state index contributed by atoms with van der Waals surface area (Å²) >= 11 is 7.48. The van der Waals surface area contributed by atoms with Crippen LogP contribution in [0.1, 0.15) is 37.5 Å². The molecular weight excluding hydrogens is 515 g/mol. The molecular formula is C30H37NO3S2Si. The lowest BCUT2D eigenvalue weighted by Crippen LogP contribution is -2.48. The third kappa shape index (κ3) is 8.19. The number of amides is 1. The Bertz CT molecular complexity index is 1060. The van der Waals surface area contributed by atoms with Crippen LogP contribution in [-0.4, -0.2) is 36.9 Å². The third-order valence-corrected chi connectivity index (χ3v) is 8.38. The normalized spacial score (nSPS) is 12.9. The van der Waals surface area contributed by atoms with Crippen LogP contribution in [0.25, 0.3) is 0 Å². The maximum absolute atomic E-state index is 12.8. The van der Waals surface area contributed by atoms with Crippen molar-refractivity contribution >= 4 is 43.4 Å². The summed E-state index contributed by atoms with van der Waals surface area (Å²) in [4.78, 5) is 12.8. The third-order valence-electron chi connectivity index (χ3n) is 5.39. The lowest BCUT2D eigenvalue weighted by Gasteiger charge is -2.37. The van der Waals surface area contributed by atoms with Gasteiger partial charge in [-0.05, 0) is 69.3 Å². The van der Waals surface area contributed by atoms with E-state index in [1.165, 1.54) is 0 Å². The summed E-state index contributed by atoms with van der Waals surface area (Å²) in [6.45, 7) is 11.8. The molecule has 37 heavy (non-hydrogen) atoms. The van der Waals surface area contributed by atoms with E-state index in [4.69, 9.17) is 21.4 Å². The zero-order valence-corrected chi connectivity index (χ0v) is 25.1. The van der Waals surface area contributed by atoms with E-state index in [0.717, 1.165) is 16.7 Å². The van der Waals surface area contributed by atoms with Crippen molar-refractivity contribution in [1.82, 2.24) is 5.32 Å². The Balaban J connectivity index is 2.06. The summed E-state index contributed by atoms with van der Waals surface area (Å²) < 4.78 is 11.2. The van der Waals surface area contributed by atoms with Gasteiger partial charge in [-0.1, -0.05) is 91.0 Å². The highest BCUT2D eigenvalue weighted by molar-refractivity contribution is 8.00. The summed E-state index contributed by atoms with van der Waals surface area (Å²) in [5.41, 5.74) is 2.81. The molecule has 0 aromatic heterocycles. The molecule has 0 aliphatic heterocycles. The van der Waals surface area contributed by atoms with Crippen LogP contribution in [-0.2, 0) is 13.9 Å². The predicted molar refractivity (Wildman–Crippen MR) is 162 cm³/mol. The van der Waals surface area contributed by atoms with Crippen LogP contribution in [0.5, 0.6) is 0 Å². The minimum absolute atomic E-state index is 0.389. The van der Waals surface area contributed by atoms with E-state index in [1.807, 2.05) is 39.0 Å². The van der Waals surface area contributed by atoms with Gasteiger partial charge < -0.3 is 14.5 Å². The number of hydrogen-bond donors (Lipinski definition) is 1. The van der Waals surface area contributed by atoms with E-state index < -0.39 is 30.8 Å². The zero-order valence-electron chi connectivity index (χ0n) is 22.5. The highest BCUT2D eigenvalue weighted by atomic mass is 32.2. The van der Waals surface area contributed by atoms with Gasteiger partial charge >= 0.3 is 6.09 Å². The van der Waals surface area contributed by atoms with Gasteiger partial charge in [0.1, 0.15) is 11.6 Å². The zero-order chi connectivity index (χ0) is 27.1. The molecule has 0 fully saturated rings. The topological polar surface area (TPSA) is 47.6 Å². The number of hydrogen-bond acceptors (Lipinski definition) is 5. The largest absolute Gasteiger partial charge is 0.538 e. The summed E-state index contributed by atoms with van der Waals surface area (Å²) in [6, 6.07) is 30.8. The molecule has 1 atom stereocenters. The Hall–Kier alpha value is -2.61. The minimum Gasteiger partial charge on any atom is -0.538 e. The van der Waals surface area contributed by atoms with Crippen molar-refractivity contribution in [3.05, 3.63) is 108 Å². The first-order valence-electron chi connectivity index (χ1n) is 12.4. The van der Waals surface area contributed by atoms with E-state index >= 15 is 0 Å². The molecule has 0 saturated heterocycles. The molecule has 0 saturated carbocycles. The number of rotatable bonds is 9. The number of benzene rings is 3. The average Bonchev–Trinajstić information content (AvgIpc) is 2.83. The monoisotopic (exact) mass is 551 g/mol.